The molecule has 0 spiro atoms. The maximum absolute atomic E-state index is 12.3. The quantitative estimate of drug-likeness (QED) is 0.768. The van der Waals surface area contributed by atoms with Crippen LogP contribution >= 0.6 is 0 Å². The van der Waals surface area contributed by atoms with Crippen LogP contribution in [-0.2, 0) is 6.42 Å². The first-order valence-electron chi connectivity index (χ1n) is 9.35. The number of likely N-dealkylation sites (N-methyl/N-ethyl adjacent to an activating group) is 1. The van der Waals surface area contributed by atoms with Crippen molar-refractivity contribution in [2.75, 3.05) is 58.9 Å². The van der Waals surface area contributed by atoms with Gasteiger partial charge in [0.1, 0.15) is 0 Å². The molecule has 1 fully saturated rings. The summed E-state index contributed by atoms with van der Waals surface area (Å²) in [6.07, 6.45) is 3.87. The van der Waals surface area contributed by atoms with Crippen LogP contribution in [0.4, 0.5) is 5.95 Å². The zero-order chi connectivity index (χ0) is 19.9. The predicted molar refractivity (Wildman–Crippen MR) is 107 cm³/mol. The number of hydrogen-bond acceptors (Lipinski definition) is 7. The molecule has 0 saturated carbocycles. The number of amides is 1. The van der Waals surface area contributed by atoms with Gasteiger partial charge in [0.2, 0.25) is 5.95 Å². The molecule has 0 aliphatic carbocycles. The minimum atomic E-state index is -0.176. The number of aromatic nitrogens is 2. The van der Waals surface area contributed by atoms with E-state index < -0.39 is 0 Å². The molecule has 0 atom stereocenters. The lowest BCUT2D eigenvalue weighted by Crippen LogP contribution is -2.45. The summed E-state index contributed by atoms with van der Waals surface area (Å²) in [7, 11) is 5.32. The second-order valence-electron chi connectivity index (χ2n) is 6.76. The van der Waals surface area contributed by atoms with Gasteiger partial charge in [-0.3, -0.25) is 4.79 Å². The summed E-state index contributed by atoms with van der Waals surface area (Å²) < 4.78 is 10.5. The van der Waals surface area contributed by atoms with E-state index in [9.17, 15) is 4.79 Å². The standard InChI is InChI=1S/C20H27N5O3/c1-24-8-10-25(11-9-24)20-22-13-16(14-23-20)19(26)21-7-6-15-4-5-17(27-2)18(12-15)28-3/h4-5,12-14H,6-11H2,1-3H3,(H,21,26). The van der Waals surface area contributed by atoms with Crippen LogP contribution in [0.25, 0.3) is 0 Å². The molecule has 1 aromatic carbocycles. The Morgan fingerprint density at radius 1 is 1.07 bits per heavy atom. The summed E-state index contributed by atoms with van der Waals surface area (Å²) in [4.78, 5) is 25.5. The summed E-state index contributed by atoms with van der Waals surface area (Å²) >= 11 is 0. The van der Waals surface area contributed by atoms with Gasteiger partial charge in [-0.1, -0.05) is 6.07 Å². The van der Waals surface area contributed by atoms with E-state index in [0.717, 1.165) is 31.7 Å². The highest BCUT2D eigenvalue weighted by molar-refractivity contribution is 5.93. The zero-order valence-corrected chi connectivity index (χ0v) is 16.6. The summed E-state index contributed by atoms with van der Waals surface area (Å²) in [6.45, 7) is 4.28. The largest absolute Gasteiger partial charge is 0.493 e. The Balaban J connectivity index is 1.51. The SMILES string of the molecule is COc1ccc(CCNC(=O)c2cnc(N3CCN(C)CC3)nc2)cc1OC. The lowest BCUT2D eigenvalue weighted by Gasteiger charge is -2.32. The Morgan fingerprint density at radius 2 is 1.75 bits per heavy atom. The van der Waals surface area contributed by atoms with E-state index in [0.29, 0.717) is 36.0 Å². The molecule has 3 rings (SSSR count). The molecule has 150 valence electrons. The molecule has 8 nitrogen and oxygen atoms in total. The van der Waals surface area contributed by atoms with Crippen LogP contribution in [0.15, 0.2) is 30.6 Å². The molecule has 1 saturated heterocycles. The van der Waals surface area contributed by atoms with Crippen molar-refractivity contribution in [2.24, 2.45) is 0 Å². The summed E-state index contributed by atoms with van der Waals surface area (Å²) in [6, 6.07) is 5.74. The minimum Gasteiger partial charge on any atom is -0.493 e. The van der Waals surface area contributed by atoms with Crippen molar-refractivity contribution in [3.8, 4) is 11.5 Å². The Kier molecular flexibility index (Phi) is 6.65. The third-order valence-electron chi connectivity index (χ3n) is 4.83. The molecule has 28 heavy (non-hydrogen) atoms. The molecule has 8 heteroatoms. The molecule has 2 aromatic rings. The van der Waals surface area contributed by atoms with Crippen molar-refractivity contribution < 1.29 is 14.3 Å². The van der Waals surface area contributed by atoms with Gasteiger partial charge in [-0.05, 0) is 31.2 Å². The molecular formula is C20H27N5O3. The first-order valence-corrected chi connectivity index (χ1v) is 9.35. The van der Waals surface area contributed by atoms with Gasteiger partial charge in [-0.25, -0.2) is 9.97 Å². The van der Waals surface area contributed by atoms with Crippen LogP contribution in [0.3, 0.4) is 0 Å². The van der Waals surface area contributed by atoms with Crippen LogP contribution in [0.1, 0.15) is 15.9 Å². The second-order valence-corrected chi connectivity index (χ2v) is 6.76. The third-order valence-corrected chi connectivity index (χ3v) is 4.83. The molecule has 1 aromatic heterocycles. The number of nitrogens with zero attached hydrogens (tertiary/aromatic N) is 4. The number of nitrogens with one attached hydrogen (secondary N) is 1. The van der Waals surface area contributed by atoms with Gasteiger partial charge in [0.15, 0.2) is 11.5 Å². The molecule has 1 N–H and O–H groups in total. The van der Waals surface area contributed by atoms with Crippen LogP contribution in [-0.4, -0.2) is 74.8 Å². The molecule has 0 bridgehead atoms. The van der Waals surface area contributed by atoms with Gasteiger partial charge >= 0.3 is 0 Å². The summed E-state index contributed by atoms with van der Waals surface area (Å²) in [5.41, 5.74) is 1.52. The highest BCUT2D eigenvalue weighted by Crippen LogP contribution is 2.27. The highest BCUT2D eigenvalue weighted by Gasteiger charge is 2.17. The lowest BCUT2D eigenvalue weighted by molar-refractivity contribution is 0.0953. The van der Waals surface area contributed by atoms with E-state index in [-0.39, 0.29) is 5.91 Å². The highest BCUT2D eigenvalue weighted by atomic mass is 16.5. The van der Waals surface area contributed by atoms with E-state index in [2.05, 4.69) is 32.1 Å². The zero-order valence-electron chi connectivity index (χ0n) is 16.6. The van der Waals surface area contributed by atoms with Crippen molar-refractivity contribution in [1.29, 1.82) is 0 Å². The average molecular weight is 385 g/mol. The van der Waals surface area contributed by atoms with E-state index in [1.54, 1.807) is 26.6 Å². The first-order chi connectivity index (χ1) is 13.6. The van der Waals surface area contributed by atoms with Crippen LogP contribution < -0.4 is 19.7 Å². The van der Waals surface area contributed by atoms with Crippen LogP contribution in [0.2, 0.25) is 0 Å². The number of methoxy groups -OCH3 is 2. The van der Waals surface area contributed by atoms with E-state index >= 15 is 0 Å². The summed E-state index contributed by atoms with van der Waals surface area (Å²) in [5, 5.41) is 2.91. The number of hydrogen-bond donors (Lipinski definition) is 1. The fraction of sp³-hybridized carbons (Fsp3) is 0.450. The molecular weight excluding hydrogens is 358 g/mol. The normalized spacial score (nSPS) is 14.6. The maximum Gasteiger partial charge on any atom is 0.254 e. The van der Waals surface area contributed by atoms with E-state index in [4.69, 9.17) is 9.47 Å². The van der Waals surface area contributed by atoms with Crippen LogP contribution in [0.5, 0.6) is 11.5 Å². The maximum atomic E-state index is 12.3. The monoisotopic (exact) mass is 385 g/mol. The third kappa shape index (κ3) is 4.89. The molecule has 1 aliphatic rings. The lowest BCUT2D eigenvalue weighted by atomic mass is 10.1. The van der Waals surface area contributed by atoms with Crippen molar-refractivity contribution in [1.82, 2.24) is 20.2 Å². The number of carbonyl (C=O) groups is 1. The van der Waals surface area contributed by atoms with E-state index in [1.165, 1.54) is 0 Å². The second kappa shape index (κ2) is 9.36. The van der Waals surface area contributed by atoms with Crippen molar-refractivity contribution in [3.63, 3.8) is 0 Å². The Labute approximate surface area is 165 Å². The number of anilines is 1. The van der Waals surface area contributed by atoms with Gasteiger partial charge in [0.05, 0.1) is 19.8 Å². The number of piperazine rings is 1. The van der Waals surface area contributed by atoms with Gasteiger partial charge < -0.3 is 24.6 Å². The predicted octanol–water partition coefficient (Wildman–Crippen LogP) is 1.22. The van der Waals surface area contributed by atoms with Crippen molar-refractivity contribution in [2.45, 2.75) is 6.42 Å². The molecule has 0 radical (unpaired) electrons. The molecule has 2 heterocycles. The van der Waals surface area contributed by atoms with E-state index in [1.807, 2.05) is 18.2 Å². The summed E-state index contributed by atoms with van der Waals surface area (Å²) in [5.74, 6) is 1.87. The number of benzene rings is 1. The topological polar surface area (TPSA) is 79.8 Å². The Hall–Kier alpha value is -2.87. The van der Waals surface area contributed by atoms with Gasteiger partial charge in [0, 0.05) is 45.1 Å². The number of rotatable bonds is 7. The molecule has 1 amide bonds. The van der Waals surface area contributed by atoms with Gasteiger partial charge in [0.25, 0.3) is 5.91 Å². The van der Waals surface area contributed by atoms with Crippen molar-refractivity contribution in [3.05, 3.63) is 41.7 Å². The number of ether oxygens (including phenoxy) is 2. The van der Waals surface area contributed by atoms with Gasteiger partial charge in [-0.2, -0.15) is 0 Å². The Morgan fingerprint density at radius 3 is 2.39 bits per heavy atom. The minimum absolute atomic E-state index is 0.176. The fourth-order valence-electron chi connectivity index (χ4n) is 3.07. The average Bonchev–Trinajstić information content (AvgIpc) is 2.74. The molecule has 1 aliphatic heterocycles. The fourth-order valence-corrected chi connectivity index (χ4v) is 3.07. The number of carbonyl (C=O) groups excluding carboxylic acids is 1. The van der Waals surface area contributed by atoms with Crippen LogP contribution in [0, 0.1) is 0 Å². The van der Waals surface area contributed by atoms with Gasteiger partial charge in [-0.15, -0.1) is 0 Å². The smallest absolute Gasteiger partial charge is 0.254 e. The Bertz CT molecular complexity index is 789. The molecule has 0 unspecified atom stereocenters. The van der Waals surface area contributed by atoms with Crippen molar-refractivity contribution >= 4 is 11.9 Å². The first kappa shape index (κ1) is 19.9.